The van der Waals surface area contributed by atoms with Gasteiger partial charge in [0.05, 0.1) is 18.3 Å². The van der Waals surface area contributed by atoms with E-state index in [1.165, 1.54) is 11.1 Å². The number of hydrogen-bond acceptors (Lipinski definition) is 3. The average molecular weight is 320 g/mol. The summed E-state index contributed by atoms with van der Waals surface area (Å²) in [6.07, 6.45) is 4.47. The molecular formula is C20H32O3. The first-order valence-corrected chi connectivity index (χ1v) is 8.77. The molecule has 0 aromatic rings. The molecule has 23 heavy (non-hydrogen) atoms. The van der Waals surface area contributed by atoms with Crippen LogP contribution in [0, 0.1) is 23.7 Å². The van der Waals surface area contributed by atoms with Crippen molar-refractivity contribution in [2.45, 2.75) is 65.3 Å². The molecule has 2 rings (SSSR count). The van der Waals surface area contributed by atoms with Gasteiger partial charge in [-0.1, -0.05) is 36.8 Å². The highest BCUT2D eigenvalue weighted by Gasteiger charge is 2.45. The second-order valence-electron chi connectivity index (χ2n) is 7.74. The molecule has 0 heterocycles. The van der Waals surface area contributed by atoms with Crippen molar-refractivity contribution in [3.8, 4) is 0 Å². The maximum Gasteiger partial charge on any atom is 0.0754 e. The molecule has 2 aliphatic rings. The van der Waals surface area contributed by atoms with Crippen LogP contribution in [0.15, 0.2) is 35.5 Å². The van der Waals surface area contributed by atoms with Crippen molar-refractivity contribution in [2.75, 3.05) is 0 Å². The van der Waals surface area contributed by atoms with Crippen LogP contribution in [-0.4, -0.2) is 33.6 Å². The van der Waals surface area contributed by atoms with Gasteiger partial charge in [0.2, 0.25) is 0 Å². The molecule has 2 aliphatic carbocycles. The zero-order valence-corrected chi connectivity index (χ0v) is 14.9. The fraction of sp³-hybridized carbons (Fsp3) is 0.700. The van der Waals surface area contributed by atoms with Crippen LogP contribution in [-0.2, 0) is 0 Å². The van der Waals surface area contributed by atoms with Crippen LogP contribution in [0.25, 0.3) is 0 Å². The van der Waals surface area contributed by atoms with Gasteiger partial charge in [-0.25, -0.2) is 0 Å². The zero-order valence-electron chi connectivity index (χ0n) is 14.9. The first kappa shape index (κ1) is 18.4. The minimum atomic E-state index is -0.595. The summed E-state index contributed by atoms with van der Waals surface area (Å²) in [5.41, 5.74) is 3.21. The first-order valence-electron chi connectivity index (χ1n) is 8.77. The van der Waals surface area contributed by atoms with Gasteiger partial charge in [0.1, 0.15) is 0 Å². The van der Waals surface area contributed by atoms with Crippen molar-refractivity contribution in [2.24, 2.45) is 23.7 Å². The topological polar surface area (TPSA) is 60.7 Å². The van der Waals surface area contributed by atoms with Gasteiger partial charge in [0.15, 0.2) is 0 Å². The highest BCUT2D eigenvalue weighted by atomic mass is 16.3. The van der Waals surface area contributed by atoms with Gasteiger partial charge in [0, 0.05) is 5.92 Å². The largest absolute Gasteiger partial charge is 0.393 e. The van der Waals surface area contributed by atoms with E-state index in [9.17, 15) is 15.3 Å². The average Bonchev–Trinajstić information content (AvgIpc) is 2.85. The number of aliphatic hydroxyl groups is 3. The minimum absolute atomic E-state index is 0.0303. The fourth-order valence-electron chi connectivity index (χ4n) is 4.25. The van der Waals surface area contributed by atoms with Crippen LogP contribution in [0.3, 0.4) is 0 Å². The molecule has 130 valence electrons. The van der Waals surface area contributed by atoms with Crippen molar-refractivity contribution in [1.82, 2.24) is 0 Å². The summed E-state index contributed by atoms with van der Waals surface area (Å²) in [5.74, 6) is -0.0381. The molecule has 0 aromatic heterocycles. The molecule has 7 atom stereocenters. The van der Waals surface area contributed by atoms with Crippen molar-refractivity contribution in [1.29, 1.82) is 0 Å². The monoisotopic (exact) mass is 320 g/mol. The van der Waals surface area contributed by atoms with E-state index in [4.69, 9.17) is 0 Å². The zero-order chi connectivity index (χ0) is 17.3. The third kappa shape index (κ3) is 3.78. The summed E-state index contributed by atoms with van der Waals surface area (Å²) in [6, 6.07) is 0. The molecule has 3 nitrogen and oxygen atoms in total. The molecule has 2 unspecified atom stereocenters. The number of fused-ring (bicyclic) bond motifs is 1. The standard InChI is InChI=1S/C20H32O3/c1-11(2)6-9-17(21)14(5)16-10-18(22)13(4)15-8-7-12(3)19(15)20(16)23/h6-7,14-23H,4,8-10H2,1-3,5H3/t14-,15-,16?,17?,18+,19+,20+/m0/s1. The predicted molar refractivity (Wildman–Crippen MR) is 93.8 cm³/mol. The maximum atomic E-state index is 11.0. The third-order valence-corrected chi connectivity index (χ3v) is 5.91. The summed E-state index contributed by atoms with van der Waals surface area (Å²) in [6.45, 7) is 12.2. The number of aliphatic hydroxyl groups excluding tert-OH is 3. The molecular weight excluding hydrogens is 288 g/mol. The highest BCUT2D eigenvalue weighted by molar-refractivity contribution is 5.26. The lowest BCUT2D eigenvalue weighted by molar-refractivity contribution is -0.0166. The van der Waals surface area contributed by atoms with Gasteiger partial charge in [-0.05, 0) is 63.4 Å². The van der Waals surface area contributed by atoms with Crippen LogP contribution in [0.2, 0.25) is 0 Å². The lowest BCUT2D eigenvalue weighted by atomic mass is 9.75. The van der Waals surface area contributed by atoms with E-state index in [0.29, 0.717) is 12.8 Å². The number of hydrogen-bond donors (Lipinski definition) is 3. The number of allylic oxidation sites excluding steroid dienone is 2. The first-order chi connectivity index (χ1) is 10.7. The lowest BCUT2D eigenvalue weighted by Gasteiger charge is -2.34. The summed E-state index contributed by atoms with van der Waals surface area (Å²) >= 11 is 0. The van der Waals surface area contributed by atoms with E-state index in [1.54, 1.807) is 0 Å². The number of rotatable bonds is 4. The minimum Gasteiger partial charge on any atom is -0.393 e. The van der Waals surface area contributed by atoms with E-state index < -0.39 is 18.3 Å². The summed E-state index contributed by atoms with van der Waals surface area (Å²) in [7, 11) is 0. The van der Waals surface area contributed by atoms with Gasteiger partial charge in [-0.15, -0.1) is 0 Å². The smallest absolute Gasteiger partial charge is 0.0754 e. The van der Waals surface area contributed by atoms with Crippen molar-refractivity contribution >= 4 is 0 Å². The Morgan fingerprint density at radius 3 is 2.65 bits per heavy atom. The normalized spacial score (nSPS) is 36.7. The maximum absolute atomic E-state index is 11.0. The Labute approximate surface area is 140 Å². The lowest BCUT2D eigenvalue weighted by Crippen LogP contribution is -2.38. The molecule has 3 heteroatoms. The molecule has 0 aliphatic heterocycles. The summed E-state index contributed by atoms with van der Waals surface area (Å²) in [4.78, 5) is 0. The Morgan fingerprint density at radius 1 is 1.39 bits per heavy atom. The molecule has 0 radical (unpaired) electrons. The van der Waals surface area contributed by atoms with Gasteiger partial charge >= 0.3 is 0 Å². The molecule has 0 saturated heterocycles. The van der Waals surface area contributed by atoms with E-state index in [2.05, 4.69) is 19.6 Å². The Balaban J connectivity index is 2.21. The van der Waals surface area contributed by atoms with Gasteiger partial charge < -0.3 is 15.3 Å². The van der Waals surface area contributed by atoms with Crippen molar-refractivity contribution in [3.63, 3.8) is 0 Å². The molecule has 3 N–H and O–H groups in total. The Kier molecular flexibility index (Phi) is 5.88. The predicted octanol–water partition coefficient (Wildman–Crippen LogP) is 3.22. The molecule has 0 aromatic carbocycles. The summed E-state index contributed by atoms with van der Waals surface area (Å²) < 4.78 is 0. The van der Waals surface area contributed by atoms with Crippen LogP contribution in [0.4, 0.5) is 0 Å². The van der Waals surface area contributed by atoms with Crippen molar-refractivity contribution in [3.05, 3.63) is 35.5 Å². The quantitative estimate of drug-likeness (QED) is 0.697. The van der Waals surface area contributed by atoms with Crippen LogP contribution < -0.4 is 0 Å². The fourth-order valence-corrected chi connectivity index (χ4v) is 4.25. The van der Waals surface area contributed by atoms with Crippen molar-refractivity contribution < 1.29 is 15.3 Å². The van der Waals surface area contributed by atoms with Crippen LogP contribution in [0.1, 0.15) is 47.0 Å². The molecule has 0 bridgehead atoms. The molecule has 1 fully saturated rings. The Hall–Kier alpha value is -0.900. The van der Waals surface area contributed by atoms with Crippen LogP contribution >= 0.6 is 0 Å². The second kappa shape index (κ2) is 7.33. The van der Waals surface area contributed by atoms with Gasteiger partial charge in [0.25, 0.3) is 0 Å². The molecule has 0 spiro atoms. The van der Waals surface area contributed by atoms with Crippen LogP contribution in [0.5, 0.6) is 0 Å². The second-order valence-corrected chi connectivity index (χ2v) is 7.74. The van der Waals surface area contributed by atoms with Gasteiger partial charge in [-0.2, -0.15) is 0 Å². The van der Waals surface area contributed by atoms with Gasteiger partial charge in [-0.3, -0.25) is 0 Å². The van der Waals surface area contributed by atoms with E-state index in [-0.39, 0.29) is 23.7 Å². The Bertz CT molecular complexity index is 501. The van der Waals surface area contributed by atoms with E-state index in [1.807, 2.05) is 26.8 Å². The third-order valence-electron chi connectivity index (χ3n) is 5.91. The van der Waals surface area contributed by atoms with E-state index in [0.717, 1.165) is 12.0 Å². The Morgan fingerprint density at radius 2 is 2.04 bits per heavy atom. The highest BCUT2D eigenvalue weighted by Crippen LogP contribution is 2.47. The molecule has 0 amide bonds. The molecule has 1 saturated carbocycles. The SMILES string of the molecule is C=C1[C@H](O)CC([C@H](C)C(O)CC=C(C)C)[C@@H](O)[C@@H]2C(C)=CC[C@@H]12. The summed E-state index contributed by atoms with van der Waals surface area (Å²) in [5, 5.41) is 32.0. The van der Waals surface area contributed by atoms with E-state index >= 15 is 0 Å².